The molecule has 0 unspecified atom stereocenters. The van der Waals surface area contributed by atoms with Crippen LogP contribution in [0.15, 0.2) is 63.2 Å². The van der Waals surface area contributed by atoms with Crippen molar-refractivity contribution < 1.29 is 0 Å². The van der Waals surface area contributed by atoms with E-state index in [0.717, 1.165) is 5.75 Å². The lowest BCUT2D eigenvalue weighted by atomic mass is 10.2. The number of thiol groups is 1. The molecule has 2 aromatic rings. The zero-order chi connectivity index (χ0) is 12.1. The van der Waals surface area contributed by atoms with Crippen LogP contribution in [0.5, 0.6) is 0 Å². The van der Waals surface area contributed by atoms with E-state index in [1.807, 2.05) is 0 Å². The van der Waals surface area contributed by atoms with Gasteiger partial charge in [0, 0.05) is 20.4 Å². The molecule has 0 aromatic heterocycles. The van der Waals surface area contributed by atoms with Crippen LogP contribution in [0.3, 0.4) is 0 Å². The molecular formula is C14H14S3. The standard InChI is InChI=1S/C14H14S3/c1-16-12-6-4-7-13(9-12)17-14-8-3-2-5-11(14)10-15/h2-9,15H,10H2,1H3. The molecule has 88 valence electrons. The summed E-state index contributed by atoms with van der Waals surface area (Å²) in [6.45, 7) is 0. The number of thioether (sulfide) groups is 1. The van der Waals surface area contributed by atoms with E-state index in [1.165, 1.54) is 20.2 Å². The van der Waals surface area contributed by atoms with E-state index in [9.17, 15) is 0 Å². The number of benzene rings is 2. The van der Waals surface area contributed by atoms with E-state index in [4.69, 9.17) is 0 Å². The Morgan fingerprint density at radius 3 is 2.53 bits per heavy atom. The summed E-state index contributed by atoms with van der Waals surface area (Å²) in [5.74, 6) is 0.783. The molecule has 17 heavy (non-hydrogen) atoms. The van der Waals surface area contributed by atoms with Gasteiger partial charge in [-0.1, -0.05) is 36.0 Å². The lowest BCUT2D eigenvalue weighted by Crippen LogP contribution is -1.83. The molecule has 2 rings (SSSR count). The minimum atomic E-state index is 0.783. The number of hydrogen-bond acceptors (Lipinski definition) is 3. The fraction of sp³-hybridized carbons (Fsp3) is 0.143. The Hall–Kier alpha value is -0.510. The average Bonchev–Trinajstić information content (AvgIpc) is 2.39. The SMILES string of the molecule is CSc1cccc(Sc2ccccc2CS)c1. The molecule has 2 aromatic carbocycles. The van der Waals surface area contributed by atoms with E-state index in [-0.39, 0.29) is 0 Å². The van der Waals surface area contributed by atoms with Gasteiger partial charge < -0.3 is 0 Å². The van der Waals surface area contributed by atoms with Gasteiger partial charge in [0.2, 0.25) is 0 Å². The lowest BCUT2D eigenvalue weighted by Gasteiger charge is -2.07. The van der Waals surface area contributed by atoms with Crippen molar-refractivity contribution in [1.82, 2.24) is 0 Å². The van der Waals surface area contributed by atoms with Crippen molar-refractivity contribution in [3.8, 4) is 0 Å². The quantitative estimate of drug-likeness (QED) is 0.618. The highest BCUT2D eigenvalue weighted by Gasteiger charge is 2.03. The Morgan fingerprint density at radius 2 is 1.76 bits per heavy atom. The van der Waals surface area contributed by atoms with Crippen molar-refractivity contribution in [2.24, 2.45) is 0 Å². The third-order valence-corrected chi connectivity index (χ3v) is 4.59. The maximum atomic E-state index is 4.37. The average molecular weight is 278 g/mol. The van der Waals surface area contributed by atoms with Crippen LogP contribution in [0.4, 0.5) is 0 Å². The molecule has 0 amide bonds. The van der Waals surface area contributed by atoms with Gasteiger partial charge in [0.25, 0.3) is 0 Å². The topological polar surface area (TPSA) is 0 Å². The molecule has 0 atom stereocenters. The summed E-state index contributed by atoms with van der Waals surface area (Å²) >= 11 is 7.95. The van der Waals surface area contributed by atoms with Crippen molar-refractivity contribution in [2.45, 2.75) is 20.4 Å². The van der Waals surface area contributed by atoms with Crippen LogP contribution in [-0.2, 0) is 5.75 Å². The van der Waals surface area contributed by atoms with Crippen LogP contribution in [0.2, 0.25) is 0 Å². The molecule has 0 fully saturated rings. The van der Waals surface area contributed by atoms with Gasteiger partial charge in [-0.05, 0) is 36.1 Å². The van der Waals surface area contributed by atoms with Gasteiger partial charge in [0.15, 0.2) is 0 Å². The van der Waals surface area contributed by atoms with Crippen LogP contribution in [-0.4, -0.2) is 6.26 Å². The second kappa shape index (κ2) is 6.43. The first-order valence-electron chi connectivity index (χ1n) is 5.34. The van der Waals surface area contributed by atoms with Crippen LogP contribution in [0.1, 0.15) is 5.56 Å². The van der Waals surface area contributed by atoms with Crippen molar-refractivity contribution in [3.63, 3.8) is 0 Å². The molecule has 0 aliphatic carbocycles. The molecule has 0 N–H and O–H groups in total. The summed E-state index contributed by atoms with van der Waals surface area (Å²) in [5, 5.41) is 0. The molecule has 0 saturated heterocycles. The summed E-state index contributed by atoms with van der Waals surface area (Å²) < 4.78 is 0. The van der Waals surface area contributed by atoms with Gasteiger partial charge in [-0.25, -0.2) is 0 Å². The van der Waals surface area contributed by atoms with Crippen LogP contribution < -0.4 is 0 Å². The maximum Gasteiger partial charge on any atom is 0.0165 e. The Balaban J connectivity index is 2.24. The van der Waals surface area contributed by atoms with Crippen molar-refractivity contribution in [1.29, 1.82) is 0 Å². The second-order valence-corrected chi connectivity index (χ2v) is 5.86. The van der Waals surface area contributed by atoms with Crippen LogP contribution in [0.25, 0.3) is 0 Å². The third-order valence-electron chi connectivity index (χ3n) is 2.41. The fourth-order valence-corrected chi connectivity index (χ4v) is 3.45. The largest absolute Gasteiger partial charge is 0.175 e. The normalized spacial score (nSPS) is 10.5. The Bertz CT molecular complexity index is 494. The second-order valence-electron chi connectivity index (χ2n) is 3.55. The van der Waals surface area contributed by atoms with E-state index in [1.54, 1.807) is 23.5 Å². The minimum absolute atomic E-state index is 0.783. The first-order chi connectivity index (χ1) is 8.33. The van der Waals surface area contributed by atoms with E-state index in [0.29, 0.717) is 0 Å². The molecule has 3 heteroatoms. The fourth-order valence-electron chi connectivity index (χ4n) is 1.53. The summed E-state index contributed by atoms with van der Waals surface area (Å²) in [7, 11) is 0. The van der Waals surface area contributed by atoms with Crippen molar-refractivity contribution >= 4 is 36.2 Å². The first kappa shape index (κ1) is 12.9. The highest BCUT2D eigenvalue weighted by Crippen LogP contribution is 2.32. The predicted octanol–water partition coefficient (Wildman–Crippen LogP) is 4.99. The highest BCUT2D eigenvalue weighted by molar-refractivity contribution is 8.00. The molecular weight excluding hydrogens is 264 g/mol. The van der Waals surface area contributed by atoms with E-state index in [2.05, 4.69) is 67.4 Å². The first-order valence-corrected chi connectivity index (χ1v) is 8.01. The van der Waals surface area contributed by atoms with E-state index >= 15 is 0 Å². The third kappa shape index (κ3) is 3.47. The molecule has 0 bridgehead atoms. The molecule has 0 heterocycles. The smallest absolute Gasteiger partial charge is 0.0165 e. The van der Waals surface area contributed by atoms with Gasteiger partial charge in [-0.3, -0.25) is 0 Å². The monoisotopic (exact) mass is 278 g/mol. The summed E-state index contributed by atoms with van der Waals surface area (Å²) in [4.78, 5) is 3.88. The highest BCUT2D eigenvalue weighted by atomic mass is 32.2. The molecule has 0 aliphatic heterocycles. The molecule has 0 radical (unpaired) electrons. The van der Waals surface area contributed by atoms with E-state index < -0.39 is 0 Å². The number of hydrogen-bond donors (Lipinski definition) is 1. The number of rotatable bonds is 4. The Morgan fingerprint density at radius 1 is 1.00 bits per heavy atom. The van der Waals surface area contributed by atoms with Crippen LogP contribution in [0, 0.1) is 0 Å². The Kier molecular flexibility index (Phi) is 4.89. The zero-order valence-corrected chi connectivity index (χ0v) is 12.1. The summed E-state index contributed by atoms with van der Waals surface area (Å²) in [6.07, 6.45) is 2.10. The zero-order valence-electron chi connectivity index (χ0n) is 9.59. The molecule has 0 saturated carbocycles. The van der Waals surface area contributed by atoms with Gasteiger partial charge in [-0.2, -0.15) is 12.6 Å². The Labute approximate surface area is 117 Å². The lowest BCUT2D eigenvalue weighted by molar-refractivity contribution is 1.26. The van der Waals surface area contributed by atoms with Gasteiger partial charge >= 0.3 is 0 Å². The molecule has 0 spiro atoms. The van der Waals surface area contributed by atoms with Crippen molar-refractivity contribution in [3.05, 3.63) is 54.1 Å². The summed E-state index contributed by atoms with van der Waals surface area (Å²) in [6, 6.07) is 17.1. The van der Waals surface area contributed by atoms with Gasteiger partial charge in [-0.15, -0.1) is 11.8 Å². The van der Waals surface area contributed by atoms with Gasteiger partial charge in [0.1, 0.15) is 0 Å². The molecule has 0 nitrogen and oxygen atoms in total. The van der Waals surface area contributed by atoms with Crippen molar-refractivity contribution in [2.75, 3.05) is 6.26 Å². The minimum Gasteiger partial charge on any atom is -0.175 e. The van der Waals surface area contributed by atoms with Crippen LogP contribution >= 0.6 is 36.2 Å². The predicted molar refractivity (Wildman–Crippen MR) is 81.5 cm³/mol. The van der Waals surface area contributed by atoms with Gasteiger partial charge in [0.05, 0.1) is 0 Å². The maximum absolute atomic E-state index is 4.37. The summed E-state index contributed by atoms with van der Waals surface area (Å²) in [5.41, 5.74) is 1.29. The molecule has 0 aliphatic rings.